The van der Waals surface area contributed by atoms with Crippen molar-refractivity contribution in [1.82, 2.24) is 25.1 Å². The third-order valence-electron chi connectivity index (χ3n) is 5.65. The molecule has 0 spiro atoms. The first-order valence-corrected chi connectivity index (χ1v) is 10.8. The average molecular weight is 399 g/mol. The Bertz CT molecular complexity index is 835. The maximum atomic E-state index is 11.6. The number of benzene rings is 1. The molecule has 7 nitrogen and oxygen atoms in total. The van der Waals surface area contributed by atoms with Gasteiger partial charge in [0.1, 0.15) is 5.82 Å². The Balaban J connectivity index is 1.53. The first-order valence-electron chi connectivity index (χ1n) is 10.8. The Morgan fingerprint density at radius 2 is 2.03 bits per heavy atom. The predicted molar refractivity (Wildman–Crippen MR) is 118 cm³/mol. The molecule has 1 fully saturated rings. The fourth-order valence-corrected chi connectivity index (χ4v) is 4.03. The van der Waals surface area contributed by atoms with Gasteiger partial charge in [0, 0.05) is 46.2 Å². The number of amides is 1. The summed E-state index contributed by atoms with van der Waals surface area (Å²) < 4.78 is 2.28. The van der Waals surface area contributed by atoms with E-state index < -0.39 is 0 Å². The van der Waals surface area contributed by atoms with Crippen molar-refractivity contribution in [3.8, 4) is 0 Å². The van der Waals surface area contributed by atoms with Gasteiger partial charge in [0.25, 0.3) is 0 Å². The van der Waals surface area contributed by atoms with Crippen molar-refractivity contribution in [2.45, 2.75) is 46.1 Å². The third-order valence-corrected chi connectivity index (χ3v) is 5.65. The second-order valence-corrected chi connectivity index (χ2v) is 7.70. The van der Waals surface area contributed by atoms with E-state index in [4.69, 9.17) is 4.99 Å². The molecule has 0 bridgehead atoms. The van der Waals surface area contributed by atoms with Gasteiger partial charge in [0.05, 0.1) is 11.0 Å². The molecule has 0 aliphatic carbocycles. The van der Waals surface area contributed by atoms with Crippen LogP contribution >= 0.6 is 0 Å². The number of para-hydroxylation sites is 2. The lowest BCUT2D eigenvalue weighted by Crippen LogP contribution is -2.46. The smallest absolute Gasteiger partial charge is 0.220 e. The number of likely N-dealkylation sites (tertiary alicyclic amines) is 1. The number of hydrogen-bond donors (Lipinski definition) is 2. The topological polar surface area (TPSA) is 74.5 Å². The zero-order valence-electron chi connectivity index (χ0n) is 17.9. The van der Waals surface area contributed by atoms with Gasteiger partial charge >= 0.3 is 0 Å². The first-order chi connectivity index (χ1) is 14.1. The van der Waals surface area contributed by atoms with E-state index in [9.17, 15) is 4.79 Å². The number of aryl methyl sites for hydroxylation is 2. The average Bonchev–Trinajstić information content (AvgIpc) is 3.06. The summed E-state index contributed by atoms with van der Waals surface area (Å²) >= 11 is 0. The molecule has 0 atom stereocenters. The number of nitrogens with one attached hydrogen (secondary N) is 2. The Hall–Kier alpha value is -2.57. The van der Waals surface area contributed by atoms with Gasteiger partial charge < -0.3 is 20.1 Å². The SMILES string of the molecule is CCNC(=NCCCn1c(C)nc2ccccc21)N1CCC(CC(=O)NC)CC1. The molecule has 29 heavy (non-hydrogen) atoms. The molecule has 2 N–H and O–H groups in total. The summed E-state index contributed by atoms with van der Waals surface area (Å²) in [6.07, 6.45) is 3.69. The monoisotopic (exact) mass is 398 g/mol. The highest BCUT2D eigenvalue weighted by Gasteiger charge is 2.23. The van der Waals surface area contributed by atoms with E-state index in [1.54, 1.807) is 7.05 Å². The summed E-state index contributed by atoms with van der Waals surface area (Å²) in [5, 5.41) is 6.16. The summed E-state index contributed by atoms with van der Waals surface area (Å²) in [5.41, 5.74) is 2.25. The lowest BCUT2D eigenvalue weighted by atomic mass is 9.93. The largest absolute Gasteiger partial charge is 0.359 e. The van der Waals surface area contributed by atoms with E-state index in [2.05, 4.69) is 57.1 Å². The number of hydrogen-bond acceptors (Lipinski definition) is 3. The van der Waals surface area contributed by atoms with E-state index in [1.807, 2.05) is 6.07 Å². The fourth-order valence-electron chi connectivity index (χ4n) is 4.03. The molecular formula is C22H34N6O. The molecule has 1 aromatic carbocycles. The molecule has 1 aliphatic heterocycles. The lowest BCUT2D eigenvalue weighted by Gasteiger charge is -2.34. The highest BCUT2D eigenvalue weighted by molar-refractivity contribution is 5.80. The molecule has 1 amide bonds. The fraction of sp³-hybridized carbons (Fsp3) is 0.591. The lowest BCUT2D eigenvalue weighted by molar-refractivity contribution is -0.121. The molecule has 0 unspecified atom stereocenters. The van der Waals surface area contributed by atoms with Crippen LogP contribution in [0, 0.1) is 12.8 Å². The first kappa shape index (κ1) is 21.1. The van der Waals surface area contributed by atoms with E-state index >= 15 is 0 Å². The van der Waals surface area contributed by atoms with Gasteiger partial charge in [-0.15, -0.1) is 0 Å². The number of fused-ring (bicyclic) bond motifs is 1. The molecule has 2 heterocycles. The molecular weight excluding hydrogens is 364 g/mol. The highest BCUT2D eigenvalue weighted by atomic mass is 16.1. The second kappa shape index (κ2) is 10.3. The zero-order chi connectivity index (χ0) is 20.6. The third kappa shape index (κ3) is 5.49. The van der Waals surface area contributed by atoms with Crippen molar-refractivity contribution >= 4 is 22.9 Å². The van der Waals surface area contributed by atoms with E-state index in [1.165, 1.54) is 5.52 Å². The summed E-state index contributed by atoms with van der Waals surface area (Å²) in [7, 11) is 1.71. The Kier molecular flexibility index (Phi) is 7.49. The van der Waals surface area contributed by atoms with Crippen LogP contribution in [-0.4, -0.2) is 59.5 Å². The number of carbonyl (C=O) groups is 1. The van der Waals surface area contributed by atoms with Gasteiger partial charge in [-0.05, 0) is 51.2 Å². The Labute approximate surface area is 173 Å². The number of imidazole rings is 1. The highest BCUT2D eigenvalue weighted by Crippen LogP contribution is 2.20. The molecule has 1 saturated heterocycles. The molecule has 158 valence electrons. The number of aliphatic imine (C=N–C) groups is 1. The number of aromatic nitrogens is 2. The van der Waals surface area contributed by atoms with Gasteiger partial charge in [-0.1, -0.05) is 12.1 Å². The molecule has 1 aromatic heterocycles. The maximum Gasteiger partial charge on any atom is 0.220 e. The number of piperidine rings is 1. The molecule has 0 saturated carbocycles. The van der Waals surface area contributed by atoms with Crippen LogP contribution in [0.3, 0.4) is 0 Å². The van der Waals surface area contributed by atoms with E-state index in [-0.39, 0.29) is 5.91 Å². The van der Waals surface area contributed by atoms with Crippen molar-refractivity contribution in [3.63, 3.8) is 0 Å². The summed E-state index contributed by atoms with van der Waals surface area (Å²) in [6.45, 7) is 8.65. The standard InChI is InChI=1S/C22H34N6O/c1-4-24-22(27-14-10-18(11-15-27)16-21(29)23-3)25-12-7-13-28-17(2)26-19-8-5-6-9-20(19)28/h5-6,8-9,18H,4,7,10-16H2,1-3H3,(H,23,29)(H,24,25). The second-order valence-electron chi connectivity index (χ2n) is 7.70. The molecule has 7 heteroatoms. The molecule has 3 rings (SSSR count). The quantitative estimate of drug-likeness (QED) is 0.427. The van der Waals surface area contributed by atoms with Crippen LogP contribution in [0.4, 0.5) is 0 Å². The van der Waals surface area contributed by atoms with Gasteiger partial charge in [-0.25, -0.2) is 4.98 Å². The molecule has 0 radical (unpaired) electrons. The number of rotatable bonds is 7. The van der Waals surface area contributed by atoms with Crippen molar-refractivity contribution in [1.29, 1.82) is 0 Å². The van der Waals surface area contributed by atoms with Gasteiger partial charge in [0.2, 0.25) is 5.91 Å². The van der Waals surface area contributed by atoms with Crippen LogP contribution in [0.2, 0.25) is 0 Å². The van der Waals surface area contributed by atoms with Crippen LogP contribution in [0.1, 0.15) is 38.4 Å². The molecule has 1 aliphatic rings. The van der Waals surface area contributed by atoms with Gasteiger partial charge in [0.15, 0.2) is 5.96 Å². The van der Waals surface area contributed by atoms with Crippen molar-refractivity contribution in [2.24, 2.45) is 10.9 Å². The number of carbonyl (C=O) groups excluding carboxylic acids is 1. The summed E-state index contributed by atoms with van der Waals surface area (Å²) in [4.78, 5) is 23.5. The van der Waals surface area contributed by atoms with Crippen molar-refractivity contribution < 1.29 is 4.79 Å². The normalized spacial score (nSPS) is 15.7. The van der Waals surface area contributed by atoms with Crippen LogP contribution in [-0.2, 0) is 11.3 Å². The Morgan fingerprint density at radius 1 is 1.28 bits per heavy atom. The van der Waals surface area contributed by atoms with Crippen molar-refractivity contribution in [3.05, 3.63) is 30.1 Å². The van der Waals surface area contributed by atoms with Gasteiger partial charge in [-0.2, -0.15) is 0 Å². The number of nitrogens with zero attached hydrogens (tertiary/aromatic N) is 4. The predicted octanol–water partition coefficient (Wildman–Crippen LogP) is 2.55. The molecule has 2 aromatic rings. The van der Waals surface area contributed by atoms with E-state index in [0.717, 1.165) is 69.3 Å². The summed E-state index contributed by atoms with van der Waals surface area (Å²) in [5.74, 6) is 2.68. The minimum atomic E-state index is 0.145. The van der Waals surface area contributed by atoms with E-state index in [0.29, 0.717) is 12.3 Å². The van der Waals surface area contributed by atoms with Gasteiger partial charge in [-0.3, -0.25) is 9.79 Å². The van der Waals surface area contributed by atoms with Crippen LogP contribution < -0.4 is 10.6 Å². The van der Waals surface area contributed by atoms with Crippen LogP contribution in [0.15, 0.2) is 29.3 Å². The maximum absolute atomic E-state index is 11.6. The zero-order valence-corrected chi connectivity index (χ0v) is 17.9. The van der Waals surface area contributed by atoms with Crippen LogP contribution in [0.25, 0.3) is 11.0 Å². The Morgan fingerprint density at radius 3 is 2.76 bits per heavy atom. The van der Waals surface area contributed by atoms with Crippen molar-refractivity contribution in [2.75, 3.05) is 33.2 Å². The minimum Gasteiger partial charge on any atom is -0.359 e. The van der Waals surface area contributed by atoms with Crippen LogP contribution in [0.5, 0.6) is 0 Å². The number of guanidine groups is 1. The minimum absolute atomic E-state index is 0.145. The summed E-state index contributed by atoms with van der Waals surface area (Å²) in [6, 6.07) is 8.29.